The maximum absolute atomic E-state index is 12.9. The molecule has 0 bridgehead atoms. The van der Waals surface area contributed by atoms with Crippen LogP contribution in [-0.2, 0) is 23.9 Å². The van der Waals surface area contributed by atoms with Crippen LogP contribution >= 0.6 is 0 Å². The summed E-state index contributed by atoms with van der Waals surface area (Å²) in [5.74, 6) is -2.50. The average Bonchev–Trinajstić information content (AvgIpc) is 2.83. The first-order chi connectivity index (χ1) is 13.2. The smallest absolute Gasteiger partial charge is 0.411 e. The largest absolute Gasteiger partial charge is 0.481 e. The highest BCUT2D eigenvalue weighted by Crippen LogP contribution is 2.50. The first kappa shape index (κ1) is 21.1. The van der Waals surface area contributed by atoms with Gasteiger partial charge in [0.1, 0.15) is 22.9 Å². The lowest BCUT2D eigenvalue weighted by molar-refractivity contribution is -0.166. The number of amides is 2. The lowest BCUT2D eigenvalue weighted by Gasteiger charge is -2.53. The third-order valence-electron chi connectivity index (χ3n) is 5.10. The third-order valence-corrected chi connectivity index (χ3v) is 5.10. The standard InChI is InChI=1S/C20H28N2O7/c1-19(2,3)28-17(26)14-11(9-12(23)24)10-7-8-21(18(27)29-20(4,5)6)15-13(10)22(14)16(15)25/h10,13,15H,7-9H2,1-6H3,(H,23,24)/t10?,13-,15+/m1/s1. The fourth-order valence-corrected chi connectivity index (χ4v) is 4.23. The van der Waals surface area contributed by atoms with Crippen molar-refractivity contribution in [2.45, 2.75) is 77.7 Å². The molecule has 3 aliphatic rings. The zero-order chi connectivity index (χ0) is 21.9. The number of hydrogen-bond acceptors (Lipinski definition) is 6. The Hall–Kier alpha value is -2.58. The summed E-state index contributed by atoms with van der Waals surface area (Å²) in [7, 11) is 0. The maximum atomic E-state index is 12.9. The summed E-state index contributed by atoms with van der Waals surface area (Å²) < 4.78 is 10.9. The Kier molecular flexibility index (Phi) is 4.91. The molecule has 3 rings (SSSR count). The van der Waals surface area contributed by atoms with Crippen LogP contribution in [0.25, 0.3) is 0 Å². The van der Waals surface area contributed by atoms with Gasteiger partial charge in [-0.05, 0) is 53.5 Å². The highest BCUT2D eigenvalue weighted by molar-refractivity contribution is 6.04. The van der Waals surface area contributed by atoms with Crippen LogP contribution in [0.4, 0.5) is 4.79 Å². The van der Waals surface area contributed by atoms with Gasteiger partial charge in [-0.2, -0.15) is 0 Å². The number of β-lactam (4-membered cyclic amide) rings is 1. The van der Waals surface area contributed by atoms with E-state index in [1.165, 1.54) is 9.80 Å². The number of ether oxygens (including phenoxy) is 2. The molecule has 9 nitrogen and oxygen atoms in total. The normalized spacial score (nSPS) is 26.1. The molecule has 1 unspecified atom stereocenters. The van der Waals surface area contributed by atoms with E-state index in [-0.39, 0.29) is 24.6 Å². The second-order valence-electron chi connectivity index (χ2n) is 9.66. The quantitative estimate of drug-likeness (QED) is 0.560. The van der Waals surface area contributed by atoms with Crippen LogP contribution in [-0.4, -0.2) is 68.7 Å². The van der Waals surface area contributed by atoms with Gasteiger partial charge in [-0.25, -0.2) is 9.59 Å². The fourth-order valence-electron chi connectivity index (χ4n) is 4.23. The lowest BCUT2D eigenvalue weighted by Crippen LogP contribution is -2.73. The Labute approximate surface area is 169 Å². The van der Waals surface area contributed by atoms with Crippen molar-refractivity contribution in [2.24, 2.45) is 5.92 Å². The van der Waals surface area contributed by atoms with Crippen molar-refractivity contribution in [3.63, 3.8) is 0 Å². The van der Waals surface area contributed by atoms with Crippen LogP contribution in [0.3, 0.4) is 0 Å². The summed E-state index contributed by atoms with van der Waals surface area (Å²) in [6, 6.07) is -1.21. The molecule has 0 aliphatic carbocycles. The molecule has 9 heteroatoms. The molecule has 2 saturated heterocycles. The van der Waals surface area contributed by atoms with Crippen molar-refractivity contribution >= 4 is 23.9 Å². The van der Waals surface area contributed by atoms with Gasteiger partial charge in [0.2, 0.25) is 0 Å². The van der Waals surface area contributed by atoms with Crippen LogP contribution in [0.2, 0.25) is 0 Å². The number of esters is 1. The SMILES string of the molecule is CC(C)(C)OC(=O)C1=C(CC(=O)O)C2CCN(C(=O)OC(C)(C)C)[C@@H]3C(=O)N1[C@H]23. The molecule has 1 N–H and O–H groups in total. The number of carbonyl (C=O) groups is 4. The van der Waals surface area contributed by atoms with Gasteiger partial charge in [0.25, 0.3) is 5.91 Å². The summed E-state index contributed by atoms with van der Waals surface area (Å²) >= 11 is 0. The van der Waals surface area contributed by atoms with Gasteiger partial charge in [-0.3, -0.25) is 19.4 Å². The second-order valence-corrected chi connectivity index (χ2v) is 9.66. The third kappa shape index (κ3) is 3.82. The average molecular weight is 408 g/mol. The molecular formula is C20H28N2O7. The maximum Gasteiger partial charge on any atom is 0.411 e. The number of carbonyl (C=O) groups excluding carboxylic acids is 3. The second kappa shape index (κ2) is 6.74. The molecule has 0 spiro atoms. The topological polar surface area (TPSA) is 113 Å². The van der Waals surface area contributed by atoms with E-state index in [1.807, 2.05) is 0 Å². The predicted octanol–water partition coefficient (Wildman–Crippen LogP) is 1.91. The molecule has 3 aliphatic heterocycles. The first-order valence-electron chi connectivity index (χ1n) is 9.72. The summed E-state index contributed by atoms with van der Waals surface area (Å²) in [5.41, 5.74) is -1.08. The van der Waals surface area contributed by atoms with Crippen LogP contribution in [0.15, 0.2) is 11.3 Å². The molecule has 29 heavy (non-hydrogen) atoms. The van der Waals surface area contributed by atoms with Gasteiger partial charge in [-0.1, -0.05) is 0 Å². The molecule has 0 aromatic heterocycles. The van der Waals surface area contributed by atoms with E-state index in [2.05, 4.69) is 0 Å². The Bertz CT molecular complexity index is 803. The van der Waals surface area contributed by atoms with Crippen molar-refractivity contribution in [3.8, 4) is 0 Å². The minimum Gasteiger partial charge on any atom is -0.481 e. The molecule has 3 atom stereocenters. The molecule has 0 radical (unpaired) electrons. The van der Waals surface area contributed by atoms with Crippen LogP contribution < -0.4 is 0 Å². The Balaban J connectivity index is 1.91. The zero-order valence-electron chi connectivity index (χ0n) is 17.6. The molecule has 0 saturated carbocycles. The van der Waals surface area contributed by atoms with Gasteiger partial charge in [-0.15, -0.1) is 0 Å². The van der Waals surface area contributed by atoms with Crippen molar-refractivity contribution in [2.75, 3.05) is 6.54 Å². The Morgan fingerprint density at radius 3 is 2.17 bits per heavy atom. The van der Waals surface area contributed by atoms with Gasteiger partial charge < -0.3 is 14.6 Å². The zero-order valence-corrected chi connectivity index (χ0v) is 17.6. The fraction of sp³-hybridized carbons (Fsp3) is 0.700. The lowest BCUT2D eigenvalue weighted by atomic mass is 9.77. The van der Waals surface area contributed by atoms with E-state index in [4.69, 9.17) is 9.47 Å². The predicted molar refractivity (Wildman–Crippen MR) is 101 cm³/mol. The number of piperidine rings is 1. The number of rotatable bonds is 3. The highest BCUT2D eigenvalue weighted by atomic mass is 16.6. The highest BCUT2D eigenvalue weighted by Gasteiger charge is 2.65. The number of aliphatic carboxylic acids is 1. The van der Waals surface area contributed by atoms with Crippen LogP contribution in [0, 0.1) is 5.92 Å². The Morgan fingerprint density at radius 1 is 1.07 bits per heavy atom. The summed E-state index contributed by atoms with van der Waals surface area (Å²) in [4.78, 5) is 52.5. The van der Waals surface area contributed by atoms with Crippen molar-refractivity contribution in [1.82, 2.24) is 9.80 Å². The summed E-state index contributed by atoms with van der Waals surface area (Å²) in [6.45, 7) is 10.6. The van der Waals surface area contributed by atoms with Gasteiger partial charge in [0, 0.05) is 12.5 Å². The molecule has 2 fully saturated rings. The van der Waals surface area contributed by atoms with E-state index in [0.29, 0.717) is 12.0 Å². The van der Waals surface area contributed by atoms with E-state index in [0.717, 1.165) is 0 Å². The number of likely N-dealkylation sites (tertiary alicyclic amines) is 1. The van der Waals surface area contributed by atoms with Gasteiger partial charge in [0.15, 0.2) is 0 Å². The molecule has 2 amide bonds. The van der Waals surface area contributed by atoms with Crippen molar-refractivity contribution < 1.29 is 33.8 Å². The molecule has 0 aromatic carbocycles. The summed E-state index contributed by atoms with van der Waals surface area (Å²) in [6.07, 6.45) is -0.489. The van der Waals surface area contributed by atoms with Crippen molar-refractivity contribution in [3.05, 3.63) is 11.3 Å². The molecular weight excluding hydrogens is 380 g/mol. The van der Waals surface area contributed by atoms with E-state index >= 15 is 0 Å². The number of carboxylic acids is 1. The monoisotopic (exact) mass is 408 g/mol. The van der Waals surface area contributed by atoms with Gasteiger partial charge in [0.05, 0.1) is 12.5 Å². The van der Waals surface area contributed by atoms with Gasteiger partial charge >= 0.3 is 18.0 Å². The van der Waals surface area contributed by atoms with Crippen LogP contribution in [0.5, 0.6) is 0 Å². The molecule has 3 heterocycles. The minimum absolute atomic E-state index is 0.0182. The van der Waals surface area contributed by atoms with E-state index in [1.54, 1.807) is 41.5 Å². The first-order valence-corrected chi connectivity index (χ1v) is 9.72. The number of hydrogen-bond donors (Lipinski definition) is 1. The summed E-state index contributed by atoms with van der Waals surface area (Å²) in [5, 5.41) is 9.36. The van der Waals surface area contributed by atoms with Crippen molar-refractivity contribution in [1.29, 1.82) is 0 Å². The number of nitrogens with zero attached hydrogens (tertiary/aromatic N) is 2. The van der Waals surface area contributed by atoms with E-state index < -0.39 is 47.2 Å². The molecule has 0 aromatic rings. The molecule has 160 valence electrons. The minimum atomic E-state index is -1.08. The Morgan fingerprint density at radius 2 is 1.66 bits per heavy atom. The van der Waals surface area contributed by atoms with Crippen LogP contribution in [0.1, 0.15) is 54.4 Å². The van der Waals surface area contributed by atoms with E-state index in [9.17, 15) is 24.3 Å². The number of carboxylic acid groups (broad SMARTS) is 1.